The molecule has 6 nitrogen and oxygen atoms in total. The van der Waals surface area contributed by atoms with E-state index in [1.54, 1.807) is 0 Å². The molecular weight excluding hydrogens is 250 g/mol. The maximum atomic E-state index is 11.1. The van der Waals surface area contributed by atoms with E-state index in [0.29, 0.717) is 11.3 Å². The Bertz CT molecular complexity index is 498. The smallest absolute Gasteiger partial charge is 0.300 e. The quantitative estimate of drug-likeness (QED) is 0.652. The summed E-state index contributed by atoms with van der Waals surface area (Å²) in [6, 6.07) is 0. The van der Waals surface area contributed by atoms with Gasteiger partial charge < -0.3 is 5.11 Å². The third-order valence-corrected chi connectivity index (χ3v) is 3.40. The van der Waals surface area contributed by atoms with Gasteiger partial charge in [0, 0.05) is 13.5 Å². The molecule has 0 aliphatic heterocycles. The third kappa shape index (κ3) is 4.16. The second-order valence-electron chi connectivity index (χ2n) is 2.61. The Morgan fingerprint density at radius 3 is 3.00 bits per heavy atom. The molecule has 88 valence electrons. The van der Waals surface area contributed by atoms with Crippen molar-refractivity contribution >= 4 is 26.7 Å². The molecule has 1 aromatic rings. The monoisotopic (exact) mass is 261 g/mol. The Kier molecular flexibility index (Phi) is 4.70. The summed E-state index contributed by atoms with van der Waals surface area (Å²) in [6.45, 7) is 0.00500. The summed E-state index contributed by atoms with van der Waals surface area (Å²) in [6.07, 6.45) is 1.86. The van der Waals surface area contributed by atoms with Crippen LogP contribution in [0.25, 0.3) is 0 Å². The number of rotatable bonds is 4. The lowest BCUT2D eigenvalue weighted by molar-refractivity contribution is 0.305. The minimum absolute atomic E-state index is 0.00500. The number of hydrogen-bond acceptors (Lipinski definition) is 5. The first kappa shape index (κ1) is 12.9. The van der Waals surface area contributed by atoms with Gasteiger partial charge >= 0.3 is 10.2 Å². The number of nitrogens with zero attached hydrogens (tertiary/aromatic N) is 1. The summed E-state index contributed by atoms with van der Waals surface area (Å²) < 4.78 is 26.6. The molecule has 3 N–H and O–H groups in total. The lowest BCUT2D eigenvalue weighted by atomic mass is 10.4. The van der Waals surface area contributed by atoms with E-state index in [1.165, 1.54) is 13.2 Å². The molecule has 16 heavy (non-hydrogen) atoms. The fraction of sp³-hybridized carbons (Fsp3) is 0.375. The predicted molar refractivity (Wildman–Crippen MR) is 62.3 cm³/mol. The molecule has 0 atom stereocenters. The zero-order valence-corrected chi connectivity index (χ0v) is 10.2. The van der Waals surface area contributed by atoms with Gasteiger partial charge in [0.05, 0.1) is 17.7 Å². The lowest BCUT2D eigenvalue weighted by Gasteiger charge is -2.00. The van der Waals surface area contributed by atoms with E-state index >= 15 is 0 Å². The van der Waals surface area contributed by atoms with Crippen LogP contribution in [0.1, 0.15) is 11.3 Å². The first-order valence-corrected chi connectivity index (χ1v) is 6.64. The number of aliphatic hydroxyl groups is 1. The van der Waals surface area contributed by atoms with Gasteiger partial charge in [0.15, 0.2) is 5.13 Å². The summed E-state index contributed by atoms with van der Waals surface area (Å²) in [7, 11) is -2.22. The average molecular weight is 261 g/mol. The van der Waals surface area contributed by atoms with E-state index in [0.717, 1.165) is 11.3 Å². The second kappa shape index (κ2) is 5.81. The van der Waals surface area contributed by atoms with Crippen molar-refractivity contribution in [2.45, 2.75) is 6.42 Å². The van der Waals surface area contributed by atoms with Gasteiger partial charge in [-0.15, -0.1) is 0 Å². The topological polar surface area (TPSA) is 91.3 Å². The Morgan fingerprint density at radius 1 is 1.62 bits per heavy atom. The van der Waals surface area contributed by atoms with Crippen LogP contribution in [0.4, 0.5) is 5.13 Å². The van der Waals surface area contributed by atoms with Crippen LogP contribution in [-0.2, 0) is 10.2 Å². The van der Waals surface area contributed by atoms with Gasteiger partial charge in [-0.2, -0.15) is 8.42 Å². The molecule has 1 rings (SSSR count). The second-order valence-corrected chi connectivity index (χ2v) is 5.26. The van der Waals surface area contributed by atoms with E-state index in [2.05, 4.69) is 26.3 Å². The van der Waals surface area contributed by atoms with Crippen molar-refractivity contribution in [2.24, 2.45) is 0 Å². The number of nitrogens with one attached hydrogen (secondary N) is 2. The maximum absolute atomic E-state index is 11.1. The van der Waals surface area contributed by atoms with Crippen LogP contribution in [0.5, 0.6) is 0 Å². The minimum Gasteiger partial charge on any atom is -0.395 e. The van der Waals surface area contributed by atoms with Gasteiger partial charge in [0.2, 0.25) is 0 Å². The highest BCUT2D eigenvalue weighted by molar-refractivity contribution is 7.91. The summed E-state index contributed by atoms with van der Waals surface area (Å²) in [5.41, 5.74) is 0. The van der Waals surface area contributed by atoms with Gasteiger partial charge in [-0.25, -0.2) is 14.4 Å². The number of anilines is 1. The van der Waals surface area contributed by atoms with Crippen LogP contribution < -0.4 is 9.44 Å². The standard InChI is InChI=1S/C8H11N3O3S2/c1-9-16(13,14)11-8-10-6-7(15-8)4-2-3-5-12/h6,9,12H,3,5H2,1H3,(H,10,11). The molecule has 0 saturated carbocycles. The SMILES string of the molecule is CNS(=O)(=O)Nc1ncc(C#CCCO)s1. The number of thiazole rings is 1. The summed E-state index contributed by atoms with van der Waals surface area (Å²) in [4.78, 5) is 4.49. The normalized spacial score (nSPS) is 10.6. The van der Waals surface area contributed by atoms with E-state index in [4.69, 9.17) is 5.11 Å². The van der Waals surface area contributed by atoms with Crippen LogP contribution >= 0.6 is 11.3 Å². The molecule has 0 fully saturated rings. The first-order chi connectivity index (χ1) is 7.57. The molecular formula is C8H11N3O3S2. The Hall–Kier alpha value is -1.14. The van der Waals surface area contributed by atoms with E-state index in [9.17, 15) is 8.42 Å². The number of aliphatic hydroxyl groups excluding tert-OH is 1. The molecule has 8 heteroatoms. The van der Waals surface area contributed by atoms with E-state index < -0.39 is 10.2 Å². The molecule has 0 aliphatic carbocycles. The molecule has 0 amide bonds. The Morgan fingerprint density at radius 2 is 2.38 bits per heavy atom. The summed E-state index contributed by atoms with van der Waals surface area (Å²) in [5, 5.41) is 8.77. The highest BCUT2D eigenvalue weighted by Gasteiger charge is 2.08. The van der Waals surface area contributed by atoms with E-state index in [1.807, 2.05) is 0 Å². The van der Waals surface area contributed by atoms with Gasteiger partial charge in [0.25, 0.3) is 0 Å². The molecule has 0 radical (unpaired) electrons. The van der Waals surface area contributed by atoms with Crippen LogP contribution in [0, 0.1) is 11.8 Å². The summed E-state index contributed by atoms with van der Waals surface area (Å²) >= 11 is 1.13. The summed E-state index contributed by atoms with van der Waals surface area (Å²) in [5.74, 6) is 5.48. The van der Waals surface area contributed by atoms with Gasteiger partial charge in [-0.3, -0.25) is 0 Å². The number of hydrogen-bond donors (Lipinski definition) is 3. The van der Waals surface area contributed by atoms with Crippen molar-refractivity contribution < 1.29 is 13.5 Å². The molecule has 0 aromatic carbocycles. The first-order valence-electron chi connectivity index (χ1n) is 4.34. The third-order valence-electron chi connectivity index (χ3n) is 1.44. The molecule has 1 aromatic heterocycles. The van der Waals surface area contributed by atoms with E-state index in [-0.39, 0.29) is 11.7 Å². The maximum Gasteiger partial charge on any atom is 0.300 e. The fourth-order valence-electron chi connectivity index (χ4n) is 0.751. The van der Waals surface area contributed by atoms with Crippen LogP contribution in [0.3, 0.4) is 0 Å². The van der Waals surface area contributed by atoms with Crippen LogP contribution in [-0.4, -0.2) is 32.2 Å². The van der Waals surface area contributed by atoms with Gasteiger partial charge in [-0.05, 0) is 0 Å². The van der Waals surface area contributed by atoms with Crippen molar-refractivity contribution in [2.75, 3.05) is 18.4 Å². The van der Waals surface area contributed by atoms with Crippen LogP contribution in [0.2, 0.25) is 0 Å². The van der Waals surface area contributed by atoms with Gasteiger partial charge in [0.1, 0.15) is 0 Å². The molecule has 0 bridgehead atoms. The number of aromatic nitrogens is 1. The average Bonchev–Trinajstić information content (AvgIpc) is 2.65. The highest BCUT2D eigenvalue weighted by atomic mass is 32.2. The van der Waals surface area contributed by atoms with Crippen molar-refractivity contribution in [3.8, 4) is 11.8 Å². The van der Waals surface area contributed by atoms with Crippen molar-refractivity contribution in [1.29, 1.82) is 0 Å². The highest BCUT2D eigenvalue weighted by Crippen LogP contribution is 2.17. The Labute approximate surface area is 97.9 Å². The zero-order chi connectivity index (χ0) is 12.0. The molecule has 0 aliphatic rings. The molecule has 0 spiro atoms. The Balaban J connectivity index is 2.70. The molecule has 0 unspecified atom stereocenters. The zero-order valence-electron chi connectivity index (χ0n) is 8.52. The lowest BCUT2D eigenvalue weighted by Crippen LogP contribution is -2.26. The van der Waals surface area contributed by atoms with Crippen molar-refractivity contribution in [3.63, 3.8) is 0 Å². The van der Waals surface area contributed by atoms with Crippen molar-refractivity contribution in [3.05, 3.63) is 11.1 Å². The fourth-order valence-corrected chi connectivity index (χ4v) is 2.17. The van der Waals surface area contributed by atoms with Crippen LogP contribution in [0.15, 0.2) is 6.20 Å². The predicted octanol–water partition coefficient (Wildman–Crippen LogP) is -0.247. The minimum atomic E-state index is -3.52. The molecule has 1 heterocycles. The van der Waals surface area contributed by atoms with Crippen molar-refractivity contribution in [1.82, 2.24) is 9.71 Å². The van der Waals surface area contributed by atoms with Gasteiger partial charge in [-0.1, -0.05) is 23.2 Å². The largest absolute Gasteiger partial charge is 0.395 e. The molecule has 0 saturated heterocycles.